The molecular weight excluding hydrogens is 290 g/mol. The van der Waals surface area contributed by atoms with Gasteiger partial charge >= 0.3 is 0 Å². The van der Waals surface area contributed by atoms with E-state index in [-0.39, 0.29) is 0 Å². The number of hydrogen-bond donors (Lipinski definition) is 0. The Hall–Kier alpha value is -1.65. The Bertz CT molecular complexity index is 759. The van der Waals surface area contributed by atoms with Crippen molar-refractivity contribution in [3.05, 3.63) is 59.0 Å². The van der Waals surface area contributed by atoms with Gasteiger partial charge in [0.1, 0.15) is 10.7 Å². The summed E-state index contributed by atoms with van der Waals surface area (Å²) in [4.78, 5) is 8.83. The topological polar surface area (TPSA) is 20.5 Å². The molecule has 0 saturated carbocycles. The lowest BCUT2D eigenvalue weighted by atomic mass is 9.99. The van der Waals surface area contributed by atoms with Crippen molar-refractivity contribution in [2.45, 2.75) is 38.8 Å². The molecular formula is C18H21N3S. The SMILES string of the molecule is Cc1nc(C2CCCCN2Cc2ccccc2)c2sccn12. The zero-order valence-corrected chi connectivity index (χ0v) is 13.7. The van der Waals surface area contributed by atoms with Gasteiger partial charge in [-0.1, -0.05) is 36.8 Å². The summed E-state index contributed by atoms with van der Waals surface area (Å²) < 4.78 is 2.23. The fourth-order valence-electron chi connectivity index (χ4n) is 3.52. The van der Waals surface area contributed by atoms with E-state index in [0.29, 0.717) is 6.04 Å². The van der Waals surface area contributed by atoms with Gasteiger partial charge in [0, 0.05) is 18.1 Å². The molecule has 0 N–H and O–H groups in total. The van der Waals surface area contributed by atoms with Crippen LogP contribution >= 0.6 is 11.3 Å². The van der Waals surface area contributed by atoms with Crippen LogP contribution in [0, 0.1) is 6.92 Å². The van der Waals surface area contributed by atoms with E-state index in [4.69, 9.17) is 4.98 Å². The molecule has 1 aliphatic rings. The molecule has 1 aromatic carbocycles. The lowest BCUT2D eigenvalue weighted by Gasteiger charge is -2.34. The van der Waals surface area contributed by atoms with Gasteiger partial charge in [-0.2, -0.15) is 0 Å². The van der Waals surface area contributed by atoms with E-state index in [1.807, 2.05) is 11.3 Å². The van der Waals surface area contributed by atoms with E-state index in [0.717, 1.165) is 12.4 Å². The molecule has 0 spiro atoms. The summed E-state index contributed by atoms with van der Waals surface area (Å²) in [7, 11) is 0. The van der Waals surface area contributed by atoms with Crippen LogP contribution in [-0.4, -0.2) is 20.8 Å². The number of likely N-dealkylation sites (tertiary alicyclic amines) is 1. The van der Waals surface area contributed by atoms with Crippen LogP contribution in [0.2, 0.25) is 0 Å². The fraction of sp³-hybridized carbons (Fsp3) is 0.389. The van der Waals surface area contributed by atoms with Gasteiger partial charge in [0.15, 0.2) is 0 Å². The smallest absolute Gasteiger partial charge is 0.124 e. The summed E-state index contributed by atoms with van der Waals surface area (Å²) in [6, 6.07) is 11.3. The monoisotopic (exact) mass is 311 g/mol. The first-order valence-corrected chi connectivity index (χ1v) is 8.91. The Kier molecular flexibility index (Phi) is 3.72. The third kappa shape index (κ3) is 2.46. The van der Waals surface area contributed by atoms with E-state index >= 15 is 0 Å². The van der Waals surface area contributed by atoms with Gasteiger partial charge in [0.25, 0.3) is 0 Å². The number of imidazole rings is 1. The van der Waals surface area contributed by atoms with Crippen molar-refractivity contribution < 1.29 is 0 Å². The van der Waals surface area contributed by atoms with Crippen LogP contribution in [0.4, 0.5) is 0 Å². The van der Waals surface area contributed by atoms with Crippen LogP contribution in [0.25, 0.3) is 4.83 Å². The van der Waals surface area contributed by atoms with Crippen LogP contribution in [0.1, 0.15) is 42.4 Å². The molecule has 22 heavy (non-hydrogen) atoms. The lowest BCUT2D eigenvalue weighted by Crippen LogP contribution is -2.33. The first-order chi connectivity index (χ1) is 10.8. The van der Waals surface area contributed by atoms with Gasteiger partial charge in [-0.25, -0.2) is 4.98 Å². The molecule has 1 saturated heterocycles. The van der Waals surface area contributed by atoms with Crippen molar-refractivity contribution in [1.82, 2.24) is 14.3 Å². The minimum Gasteiger partial charge on any atom is -0.294 e. The maximum absolute atomic E-state index is 4.90. The molecule has 1 unspecified atom stereocenters. The number of thiazole rings is 1. The Balaban J connectivity index is 1.67. The minimum atomic E-state index is 0.455. The largest absolute Gasteiger partial charge is 0.294 e. The zero-order chi connectivity index (χ0) is 14.9. The maximum Gasteiger partial charge on any atom is 0.124 e. The summed E-state index contributed by atoms with van der Waals surface area (Å²) in [5.74, 6) is 1.11. The van der Waals surface area contributed by atoms with Crippen LogP contribution in [0.5, 0.6) is 0 Å². The highest BCUT2D eigenvalue weighted by Gasteiger charge is 2.28. The summed E-state index contributed by atoms with van der Waals surface area (Å²) >= 11 is 1.81. The Labute approximate surface area is 135 Å². The molecule has 0 bridgehead atoms. The molecule has 3 aromatic rings. The zero-order valence-electron chi connectivity index (χ0n) is 12.9. The number of aryl methyl sites for hydroxylation is 1. The average molecular weight is 311 g/mol. The van der Waals surface area contributed by atoms with Gasteiger partial charge in [-0.15, -0.1) is 11.3 Å². The molecule has 1 atom stereocenters. The molecule has 4 rings (SSSR count). The van der Waals surface area contributed by atoms with Crippen molar-refractivity contribution >= 4 is 16.2 Å². The number of nitrogens with zero attached hydrogens (tertiary/aromatic N) is 3. The fourth-order valence-corrected chi connectivity index (χ4v) is 4.44. The van der Waals surface area contributed by atoms with E-state index in [9.17, 15) is 0 Å². The first-order valence-electron chi connectivity index (χ1n) is 8.03. The predicted molar refractivity (Wildman–Crippen MR) is 91.3 cm³/mol. The van der Waals surface area contributed by atoms with E-state index in [2.05, 4.69) is 58.1 Å². The van der Waals surface area contributed by atoms with Crippen molar-refractivity contribution in [1.29, 1.82) is 0 Å². The predicted octanol–water partition coefficient (Wildman–Crippen LogP) is 4.43. The number of aromatic nitrogens is 2. The quantitative estimate of drug-likeness (QED) is 0.713. The molecule has 3 heterocycles. The maximum atomic E-state index is 4.90. The highest BCUT2D eigenvalue weighted by Crippen LogP contribution is 2.35. The summed E-state index contributed by atoms with van der Waals surface area (Å²) in [6.45, 7) is 4.30. The number of piperidine rings is 1. The number of hydrogen-bond acceptors (Lipinski definition) is 3. The van der Waals surface area contributed by atoms with Crippen LogP contribution in [0.3, 0.4) is 0 Å². The molecule has 1 aliphatic heterocycles. The summed E-state index contributed by atoms with van der Waals surface area (Å²) in [6.07, 6.45) is 5.95. The summed E-state index contributed by atoms with van der Waals surface area (Å²) in [5.41, 5.74) is 2.68. The van der Waals surface area contributed by atoms with Crippen molar-refractivity contribution in [2.24, 2.45) is 0 Å². The second kappa shape index (κ2) is 5.86. The Morgan fingerprint density at radius 2 is 2.09 bits per heavy atom. The molecule has 0 aliphatic carbocycles. The number of fused-ring (bicyclic) bond motifs is 1. The lowest BCUT2D eigenvalue weighted by molar-refractivity contribution is 0.138. The van der Waals surface area contributed by atoms with Gasteiger partial charge < -0.3 is 0 Å². The van der Waals surface area contributed by atoms with Gasteiger partial charge in [-0.3, -0.25) is 9.30 Å². The highest BCUT2D eigenvalue weighted by atomic mass is 32.1. The van der Waals surface area contributed by atoms with Gasteiger partial charge in [-0.05, 0) is 31.9 Å². The molecule has 3 nitrogen and oxygen atoms in total. The van der Waals surface area contributed by atoms with Crippen molar-refractivity contribution in [3.63, 3.8) is 0 Å². The molecule has 0 amide bonds. The third-order valence-electron chi connectivity index (χ3n) is 4.62. The standard InChI is InChI=1S/C18H21N3S/c1-14-19-17(18-21(14)11-12-22-18)16-9-5-6-10-20(16)13-15-7-3-2-4-8-15/h2-4,7-8,11-12,16H,5-6,9-10,13H2,1H3. The highest BCUT2D eigenvalue weighted by molar-refractivity contribution is 7.15. The van der Waals surface area contributed by atoms with Crippen LogP contribution in [0.15, 0.2) is 41.9 Å². The molecule has 2 aromatic heterocycles. The average Bonchev–Trinajstić information content (AvgIpc) is 3.14. The second-order valence-electron chi connectivity index (χ2n) is 6.09. The number of benzene rings is 1. The first kappa shape index (κ1) is 14.0. The van der Waals surface area contributed by atoms with Crippen LogP contribution in [-0.2, 0) is 6.54 Å². The van der Waals surface area contributed by atoms with Gasteiger partial charge in [0.2, 0.25) is 0 Å². The van der Waals surface area contributed by atoms with E-state index in [1.165, 1.54) is 41.9 Å². The Morgan fingerprint density at radius 1 is 1.23 bits per heavy atom. The normalized spacial score (nSPS) is 19.8. The summed E-state index contributed by atoms with van der Waals surface area (Å²) in [5, 5.41) is 2.16. The Morgan fingerprint density at radius 3 is 2.95 bits per heavy atom. The molecule has 114 valence electrons. The van der Waals surface area contributed by atoms with Crippen LogP contribution < -0.4 is 0 Å². The van der Waals surface area contributed by atoms with E-state index < -0.39 is 0 Å². The minimum absolute atomic E-state index is 0.455. The van der Waals surface area contributed by atoms with Crippen molar-refractivity contribution in [3.8, 4) is 0 Å². The van der Waals surface area contributed by atoms with Gasteiger partial charge in [0.05, 0.1) is 11.7 Å². The molecule has 1 fully saturated rings. The van der Waals surface area contributed by atoms with Crippen molar-refractivity contribution in [2.75, 3.05) is 6.54 Å². The molecule has 0 radical (unpaired) electrons. The third-order valence-corrected chi connectivity index (χ3v) is 5.50. The second-order valence-corrected chi connectivity index (χ2v) is 6.98. The molecule has 4 heteroatoms. The number of rotatable bonds is 3. The van der Waals surface area contributed by atoms with E-state index in [1.54, 1.807) is 0 Å².